The van der Waals surface area contributed by atoms with E-state index in [1.165, 1.54) is 37.4 Å². The Labute approximate surface area is 119 Å². The summed E-state index contributed by atoms with van der Waals surface area (Å²) in [5.41, 5.74) is 5.59. The fraction of sp³-hybridized carbons (Fsp3) is 0.0714. The van der Waals surface area contributed by atoms with Gasteiger partial charge in [0.1, 0.15) is 11.6 Å². The minimum absolute atomic E-state index is 0.106. The Morgan fingerprint density at radius 2 is 1.90 bits per heavy atom. The first kappa shape index (κ1) is 14.4. The van der Waals surface area contributed by atoms with E-state index in [0.29, 0.717) is 11.1 Å². The third-order valence-electron chi connectivity index (χ3n) is 2.91. The van der Waals surface area contributed by atoms with Crippen molar-refractivity contribution in [2.75, 3.05) is 7.11 Å². The number of ether oxygens (including phenoxy) is 1. The summed E-state index contributed by atoms with van der Waals surface area (Å²) >= 11 is 0. The highest BCUT2D eigenvalue weighted by atomic mass is 19.1. The number of nitrogens with zero attached hydrogens (tertiary/aromatic N) is 1. The molecule has 2 N–H and O–H groups in total. The number of hydrogen-bond donors (Lipinski definition) is 1. The Morgan fingerprint density at radius 3 is 2.38 bits per heavy atom. The van der Waals surface area contributed by atoms with Crippen LogP contribution in [-0.4, -0.2) is 17.9 Å². The largest absolute Gasteiger partial charge is 0.495 e. The summed E-state index contributed by atoms with van der Waals surface area (Å²) in [6, 6.07) is 7.57. The molecule has 0 unspecified atom stereocenters. The molecule has 0 saturated heterocycles. The van der Waals surface area contributed by atoms with E-state index in [0.717, 1.165) is 6.07 Å². The molecule has 0 bridgehead atoms. The first-order chi connectivity index (χ1) is 9.93. The van der Waals surface area contributed by atoms with Gasteiger partial charge >= 0.3 is 0 Å². The molecule has 0 aliphatic heterocycles. The number of hydrogen-bond acceptors (Lipinski definition) is 4. The fourth-order valence-electron chi connectivity index (χ4n) is 1.97. The number of nitro groups is 1. The predicted octanol–water partition coefficient (Wildman–Crippen LogP) is 2.51. The zero-order chi connectivity index (χ0) is 15.6. The molecule has 0 fully saturated rings. The fourth-order valence-corrected chi connectivity index (χ4v) is 1.97. The molecule has 0 aromatic heterocycles. The predicted molar refractivity (Wildman–Crippen MR) is 73.6 cm³/mol. The van der Waals surface area contributed by atoms with Gasteiger partial charge in [0.25, 0.3) is 11.6 Å². The van der Waals surface area contributed by atoms with Gasteiger partial charge in [0.15, 0.2) is 0 Å². The van der Waals surface area contributed by atoms with Gasteiger partial charge in [-0.05, 0) is 17.7 Å². The molecule has 2 aromatic carbocycles. The van der Waals surface area contributed by atoms with Crippen molar-refractivity contribution in [2.45, 2.75) is 0 Å². The van der Waals surface area contributed by atoms with Crippen molar-refractivity contribution >= 4 is 11.6 Å². The first-order valence-electron chi connectivity index (χ1n) is 5.86. The number of non-ortho nitro benzene ring substituents is 1. The Balaban J connectivity index is 2.75. The molecule has 2 aromatic rings. The Morgan fingerprint density at radius 1 is 1.29 bits per heavy atom. The minimum Gasteiger partial charge on any atom is -0.495 e. The third kappa shape index (κ3) is 2.81. The number of amides is 1. The lowest BCUT2D eigenvalue weighted by Crippen LogP contribution is -2.13. The molecule has 0 aliphatic carbocycles. The smallest absolute Gasteiger partial charge is 0.271 e. The average Bonchev–Trinajstić information content (AvgIpc) is 2.46. The zero-order valence-corrected chi connectivity index (χ0v) is 11.0. The maximum Gasteiger partial charge on any atom is 0.271 e. The van der Waals surface area contributed by atoms with Gasteiger partial charge in [-0.1, -0.05) is 12.1 Å². The number of benzene rings is 2. The van der Waals surface area contributed by atoms with Crippen LogP contribution in [0.15, 0.2) is 36.4 Å². The number of nitrogens with two attached hydrogens (primary N) is 1. The molecule has 0 saturated carbocycles. The van der Waals surface area contributed by atoms with Crippen LogP contribution in [0, 0.1) is 15.9 Å². The summed E-state index contributed by atoms with van der Waals surface area (Å²) in [6.07, 6.45) is 0. The number of rotatable bonds is 4. The Hall–Kier alpha value is -2.96. The van der Waals surface area contributed by atoms with Gasteiger partial charge in [-0.25, -0.2) is 4.39 Å². The number of nitro benzene ring substituents is 1. The second-order valence-electron chi connectivity index (χ2n) is 4.20. The van der Waals surface area contributed by atoms with Crippen LogP contribution >= 0.6 is 0 Å². The van der Waals surface area contributed by atoms with Crippen LogP contribution in [0.1, 0.15) is 10.4 Å². The van der Waals surface area contributed by atoms with E-state index in [2.05, 4.69) is 0 Å². The van der Waals surface area contributed by atoms with Crippen molar-refractivity contribution in [3.8, 4) is 16.9 Å². The van der Waals surface area contributed by atoms with E-state index < -0.39 is 16.6 Å². The minimum atomic E-state index is -0.848. The second-order valence-corrected chi connectivity index (χ2v) is 4.20. The van der Waals surface area contributed by atoms with Crippen LogP contribution in [0.3, 0.4) is 0 Å². The summed E-state index contributed by atoms with van der Waals surface area (Å²) in [6.45, 7) is 0. The molecule has 2 rings (SSSR count). The van der Waals surface area contributed by atoms with Gasteiger partial charge in [-0.2, -0.15) is 0 Å². The highest BCUT2D eigenvalue weighted by molar-refractivity contribution is 5.99. The molecular formula is C14H11FN2O4. The van der Waals surface area contributed by atoms with E-state index in [4.69, 9.17) is 10.5 Å². The number of carbonyl (C=O) groups excluding carboxylic acids is 1. The van der Waals surface area contributed by atoms with E-state index in [1.54, 1.807) is 0 Å². The topological polar surface area (TPSA) is 95.5 Å². The van der Waals surface area contributed by atoms with E-state index in [9.17, 15) is 19.3 Å². The van der Waals surface area contributed by atoms with Crippen LogP contribution in [0.25, 0.3) is 11.1 Å². The molecule has 0 radical (unpaired) electrons. The molecule has 0 aliphatic rings. The average molecular weight is 290 g/mol. The van der Waals surface area contributed by atoms with E-state index in [1.807, 2.05) is 0 Å². The number of primary amides is 1. The third-order valence-corrected chi connectivity index (χ3v) is 2.91. The number of carbonyl (C=O) groups is 1. The van der Waals surface area contributed by atoms with Crippen LogP contribution in [-0.2, 0) is 0 Å². The summed E-state index contributed by atoms with van der Waals surface area (Å²) in [7, 11) is 1.32. The van der Waals surface area contributed by atoms with Crippen LogP contribution in [0.5, 0.6) is 5.75 Å². The van der Waals surface area contributed by atoms with Crippen LogP contribution < -0.4 is 10.5 Å². The van der Waals surface area contributed by atoms with Crippen molar-refractivity contribution in [1.29, 1.82) is 0 Å². The van der Waals surface area contributed by atoms with Crippen molar-refractivity contribution in [1.82, 2.24) is 0 Å². The lowest BCUT2D eigenvalue weighted by molar-refractivity contribution is -0.384. The Kier molecular flexibility index (Phi) is 3.84. The second kappa shape index (κ2) is 5.58. The maximum atomic E-state index is 13.0. The highest BCUT2D eigenvalue weighted by Crippen LogP contribution is 2.36. The van der Waals surface area contributed by atoms with Gasteiger partial charge in [0.2, 0.25) is 0 Å². The molecule has 21 heavy (non-hydrogen) atoms. The summed E-state index contributed by atoms with van der Waals surface area (Å²) in [4.78, 5) is 21.8. The number of halogens is 1. The van der Waals surface area contributed by atoms with Crippen molar-refractivity contribution < 1.29 is 18.8 Å². The van der Waals surface area contributed by atoms with E-state index >= 15 is 0 Å². The first-order valence-corrected chi connectivity index (χ1v) is 5.86. The summed E-state index contributed by atoms with van der Waals surface area (Å²) in [5.74, 6) is -1.18. The quantitative estimate of drug-likeness (QED) is 0.691. The monoisotopic (exact) mass is 290 g/mol. The summed E-state index contributed by atoms with van der Waals surface area (Å²) < 4.78 is 18.1. The molecule has 0 spiro atoms. The Bertz CT molecular complexity index is 714. The molecule has 0 heterocycles. The molecule has 6 nitrogen and oxygen atoms in total. The maximum absolute atomic E-state index is 13.0. The van der Waals surface area contributed by atoms with Crippen LogP contribution in [0.4, 0.5) is 10.1 Å². The van der Waals surface area contributed by atoms with Gasteiger partial charge < -0.3 is 10.5 Å². The van der Waals surface area contributed by atoms with Gasteiger partial charge in [-0.15, -0.1) is 0 Å². The summed E-state index contributed by atoms with van der Waals surface area (Å²) in [5, 5.41) is 11.0. The lowest BCUT2D eigenvalue weighted by atomic mass is 10.00. The van der Waals surface area contributed by atoms with Gasteiger partial charge in [-0.3, -0.25) is 14.9 Å². The van der Waals surface area contributed by atoms with E-state index in [-0.39, 0.29) is 17.0 Å². The highest BCUT2D eigenvalue weighted by Gasteiger charge is 2.21. The molecular weight excluding hydrogens is 279 g/mol. The van der Waals surface area contributed by atoms with Crippen LogP contribution in [0.2, 0.25) is 0 Å². The van der Waals surface area contributed by atoms with Crippen molar-refractivity contribution in [2.24, 2.45) is 5.73 Å². The lowest BCUT2D eigenvalue weighted by Gasteiger charge is -2.12. The standard InChI is InChI=1S/C14H11FN2O4/c1-21-13-11(8-2-4-9(15)5-3-8)6-10(17(19)20)7-12(13)14(16)18/h2-7H,1H3,(H2,16,18). The molecule has 1 amide bonds. The SMILES string of the molecule is COc1c(C(N)=O)cc([N+](=O)[O-])cc1-c1ccc(F)cc1. The molecule has 0 atom stereocenters. The number of methoxy groups -OCH3 is 1. The van der Waals surface area contributed by atoms with Gasteiger partial charge in [0.05, 0.1) is 17.6 Å². The van der Waals surface area contributed by atoms with Gasteiger partial charge in [0, 0.05) is 17.7 Å². The normalized spacial score (nSPS) is 10.2. The van der Waals surface area contributed by atoms with Crippen molar-refractivity contribution in [3.63, 3.8) is 0 Å². The molecule has 7 heteroatoms. The zero-order valence-electron chi connectivity index (χ0n) is 11.0. The van der Waals surface area contributed by atoms with Crippen molar-refractivity contribution in [3.05, 3.63) is 57.9 Å². The molecule has 108 valence electrons.